The lowest BCUT2D eigenvalue weighted by Crippen LogP contribution is -2.07. The fourth-order valence-electron chi connectivity index (χ4n) is 1.88. The Hall–Kier alpha value is -2.31. The molecule has 3 rings (SSSR count). The summed E-state index contributed by atoms with van der Waals surface area (Å²) >= 11 is 0. The minimum atomic E-state index is -1.32. The highest BCUT2D eigenvalue weighted by Gasteiger charge is 2.32. The first-order valence-electron chi connectivity index (χ1n) is 5.72. The molecular weight excluding hydrogens is 256 g/mol. The number of para-hydroxylation sites is 1. The van der Waals surface area contributed by atoms with Gasteiger partial charge in [-0.1, -0.05) is 6.07 Å². The molecule has 0 aliphatic heterocycles. The summed E-state index contributed by atoms with van der Waals surface area (Å²) in [5.41, 5.74) is -0.385. The highest BCUT2D eigenvalue weighted by Crippen LogP contribution is 2.40. The Morgan fingerprint density at radius 3 is 2.47 bits per heavy atom. The Kier molecular flexibility index (Phi) is 2.55. The van der Waals surface area contributed by atoms with Gasteiger partial charge in [0.05, 0.1) is 0 Å². The van der Waals surface area contributed by atoms with Crippen LogP contribution in [0.2, 0.25) is 0 Å². The van der Waals surface area contributed by atoms with Gasteiger partial charge in [0.2, 0.25) is 0 Å². The van der Waals surface area contributed by atoms with E-state index in [0.717, 1.165) is 29.7 Å². The molecule has 1 aliphatic rings. The summed E-state index contributed by atoms with van der Waals surface area (Å²) in [6.45, 7) is 0. The Morgan fingerprint density at radius 1 is 1.32 bits per heavy atom. The van der Waals surface area contributed by atoms with Crippen molar-refractivity contribution in [2.24, 2.45) is 0 Å². The maximum Gasteiger partial charge on any atom is 0.375 e. The fourth-order valence-corrected chi connectivity index (χ4v) is 1.88. The molecule has 1 fully saturated rings. The molecule has 2 aromatic rings. The normalized spacial score (nSPS) is 14.6. The van der Waals surface area contributed by atoms with Gasteiger partial charge in [0, 0.05) is 5.92 Å². The van der Waals surface area contributed by atoms with Crippen LogP contribution in [0.4, 0.5) is 8.78 Å². The lowest BCUT2D eigenvalue weighted by molar-refractivity contribution is 0.0683. The summed E-state index contributed by atoms with van der Waals surface area (Å²) in [5.74, 6) is -3.07. The Balaban J connectivity index is 2.21. The molecule has 0 atom stereocenters. The van der Waals surface area contributed by atoms with Crippen molar-refractivity contribution in [1.29, 1.82) is 0 Å². The number of hydrogen-bond acceptors (Lipinski definition) is 3. The van der Waals surface area contributed by atoms with E-state index in [1.54, 1.807) is 0 Å². The van der Waals surface area contributed by atoms with Crippen molar-refractivity contribution >= 4 is 5.97 Å². The van der Waals surface area contributed by atoms with Gasteiger partial charge in [0.25, 0.3) is 5.82 Å². The monoisotopic (exact) mass is 265 g/mol. The molecule has 0 radical (unpaired) electrons. The van der Waals surface area contributed by atoms with E-state index in [-0.39, 0.29) is 11.6 Å². The second-order valence-corrected chi connectivity index (χ2v) is 4.36. The molecule has 5 nitrogen and oxygen atoms in total. The van der Waals surface area contributed by atoms with Crippen LogP contribution in [0.15, 0.2) is 18.2 Å². The van der Waals surface area contributed by atoms with Crippen LogP contribution < -0.4 is 0 Å². The van der Waals surface area contributed by atoms with Crippen molar-refractivity contribution in [3.8, 4) is 5.69 Å². The third-order valence-electron chi connectivity index (χ3n) is 2.92. The van der Waals surface area contributed by atoms with Gasteiger partial charge in [-0.2, -0.15) is 0 Å². The van der Waals surface area contributed by atoms with Crippen LogP contribution >= 0.6 is 0 Å². The number of rotatable bonds is 3. The van der Waals surface area contributed by atoms with Crippen molar-refractivity contribution in [3.63, 3.8) is 0 Å². The average molecular weight is 265 g/mol. The number of nitrogens with zero attached hydrogens (tertiary/aromatic N) is 3. The first kappa shape index (κ1) is 11.8. The van der Waals surface area contributed by atoms with E-state index in [9.17, 15) is 13.6 Å². The fraction of sp³-hybridized carbons (Fsp3) is 0.250. The number of aromatic nitrogens is 3. The predicted molar refractivity (Wildman–Crippen MR) is 60.2 cm³/mol. The molecule has 1 heterocycles. The van der Waals surface area contributed by atoms with E-state index in [2.05, 4.69) is 10.1 Å². The van der Waals surface area contributed by atoms with Gasteiger partial charge >= 0.3 is 5.97 Å². The summed E-state index contributed by atoms with van der Waals surface area (Å²) in [5, 5.41) is 12.6. The molecule has 0 spiro atoms. The molecule has 0 saturated heterocycles. The Bertz CT molecular complexity index is 645. The zero-order valence-corrected chi connectivity index (χ0v) is 9.68. The summed E-state index contributed by atoms with van der Waals surface area (Å²) in [6, 6.07) is 3.43. The number of benzene rings is 1. The zero-order chi connectivity index (χ0) is 13.6. The molecule has 7 heteroatoms. The maximum atomic E-state index is 13.7. The highest BCUT2D eigenvalue weighted by molar-refractivity contribution is 5.83. The van der Waals surface area contributed by atoms with E-state index in [0.29, 0.717) is 5.82 Å². The maximum absolute atomic E-state index is 13.7. The van der Waals surface area contributed by atoms with Gasteiger partial charge in [-0.25, -0.2) is 23.2 Å². The summed E-state index contributed by atoms with van der Waals surface area (Å²) < 4.78 is 28.4. The molecular formula is C12H9F2N3O2. The van der Waals surface area contributed by atoms with Gasteiger partial charge in [0.15, 0.2) is 11.6 Å². The number of aromatic carboxylic acids is 1. The van der Waals surface area contributed by atoms with Gasteiger partial charge in [0.1, 0.15) is 11.5 Å². The predicted octanol–water partition coefficient (Wildman–Crippen LogP) is 2.12. The molecule has 0 bridgehead atoms. The van der Waals surface area contributed by atoms with Crippen molar-refractivity contribution < 1.29 is 18.7 Å². The van der Waals surface area contributed by atoms with Gasteiger partial charge < -0.3 is 5.11 Å². The molecule has 1 aromatic carbocycles. The summed E-state index contributed by atoms with van der Waals surface area (Å²) in [4.78, 5) is 14.7. The minimum absolute atomic E-state index is 0.0135. The molecule has 98 valence electrons. The highest BCUT2D eigenvalue weighted by atomic mass is 19.1. The van der Waals surface area contributed by atoms with E-state index in [1.807, 2.05) is 0 Å². The van der Waals surface area contributed by atoms with E-state index < -0.39 is 23.4 Å². The molecule has 1 saturated carbocycles. The third kappa shape index (κ3) is 1.96. The smallest absolute Gasteiger partial charge is 0.375 e. The van der Waals surface area contributed by atoms with Crippen LogP contribution in [0.1, 0.15) is 35.2 Å². The number of halogens is 2. The SMILES string of the molecule is O=C(O)c1nc(C2CC2)n(-c2c(F)cccc2F)n1. The van der Waals surface area contributed by atoms with E-state index in [1.165, 1.54) is 6.07 Å². The lowest BCUT2D eigenvalue weighted by atomic mass is 10.3. The molecule has 0 unspecified atom stereocenters. The van der Waals surface area contributed by atoms with E-state index >= 15 is 0 Å². The second-order valence-electron chi connectivity index (χ2n) is 4.36. The van der Waals surface area contributed by atoms with Gasteiger partial charge in [-0.05, 0) is 25.0 Å². The molecule has 19 heavy (non-hydrogen) atoms. The quantitative estimate of drug-likeness (QED) is 0.923. The second kappa shape index (κ2) is 4.11. The molecule has 1 aliphatic carbocycles. The van der Waals surface area contributed by atoms with Crippen molar-refractivity contribution in [2.75, 3.05) is 0 Å². The number of carbonyl (C=O) groups is 1. The molecule has 1 aromatic heterocycles. The topological polar surface area (TPSA) is 68.0 Å². The van der Waals surface area contributed by atoms with Gasteiger partial charge in [-0.3, -0.25) is 0 Å². The summed E-state index contributed by atoms with van der Waals surface area (Å²) in [7, 11) is 0. The largest absolute Gasteiger partial charge is 0.475 e. The van der Waals surface area contributed by atoms with Crippen LogP contribution in [0.5, 0.6) is 0 Å². The van der Waals surface area contributed by atoms with Gasteiger partial charge in [-0.15, -0.1) is 5.10 Å². The van der Waals surface area contributed by atoms with Crippen LogP contribution in [0, 0.1) is 11.6 Å². The number of hydrogen-bond donors (Lipinski definition) is 1. The standard InChI is InChI=1S/C12H9F2N3O2/c13-7-2-1-3-8(14)9(7)17-11(6-4-5-6)15-10(16-17)12(18)19/h1-3,6H,4-5H2,(H,18,19). The Labute approximate surface area is 106 Å². The average Bonchev–Trinajstić information content (AvgIpc) is 3.10. The molecule has 1 N–H and O–H groups in total. The number of carboxylic acid groups (broad SMARTS) is 1. The van der Waals surface area contributed by atoms with Crippen molar-refractivity contribution in [3.05, 3.63) is 41.5 Å². The van der Waals surface area contributed by atoms with Crippen LogP contribution in [-0.4, -0.2) is 25.8 Å². The molecule has 0 amide bonds. The van der Waals surface area contributed by atoms with Crippen LogP contribution in [0.3, 0.4) is 0 Å². The summed E-state index contributed by atoms with van der Waals surface area (Å²) in [6.07, 6.45) is 1.63. The van der Waals surface area contributed by atoms with Crippen LogP contribution in [-0.2, 0) is 0 Å². The lowest BCUT2D eigenvalue weighted by Gasteiger charge is -2.06. The Morgan fingerprint density at radius 2 is 1.95 bits per heavy atom. The third-order valence-corrected chi connectivity index (χ3v) is 2.92. The van der Waals surface area contributed by atoms with Crippen LogP contribution in [0.25, 0.3) is 5.69 Å². The first-order valence-corrected chi connectivity index (χ1v) is 5.72. The van der Waals surface area contributed by atoms with E-state index in [4.69, 9.17) is 5.11 Å². The minimum Gasteiger partial charge on any atom is -0.475 e. The van der Waals surface area contributed by atoms with Crippen molar-refractivity contribution in [2.45, 2.75) is 18.8 Å². The van der Waals surface area contributed by atoms with Crippen molar-refractivity contribution in [1.82, 2.24) is 14.8 Å². The first-order chi connectivity index (χ1) is 9.08. The number of carboxylic acids is 1. The zero-order valence-electron chi connectivity index (χ0n) is 9.68.